The van der Waals surface area contributed by atoms with Crippen LogP contribution in [0.5, 0.6) is 0 Å². The molecule has 2 bridgehead atoms. The lowest BCUT2D eigenvalue weighted by atomic mass is 9.55. The van der Waals surface area contributed by atoms with Gasteiger partial charge in [0.15, 0.2) is 0 Å². The van der Waals surface area contributed by atoms with Gasteiger partial charge in [0, 0.05) is 0 Å². The van der Waals surface area contributed by atoms with Gasteiger partial charge in [0.05, 0.1) is 24.0 Å². The number of benzene rings is 1. The highest BCUT2D eigenvalue weighted by Gasteiger charge is 2.60. The predicted molar refractivity (Wildman–Crippen MR) is 69.4 cm³/mol. The van der Waals surface area contributed by atoms with E-state index in [-0.39, 0.29) is 17.9 Å². The van der Waals surface area contributed by atoms with Gasteiger partial charge in [0.25, 0.3) is 0 Å². The number of fused-ring (bicyclic) bond motifs is 2. The number of esters is 1. The normalized spacial score (nSPS) is 35.5. The Morgan fingerprint density at radius 3 is 2.74 bits per heavy atom. The average Bonchev–Trinajstić information content (AvgIpc) is 2.41. The molecule has 1 aromatic carbocycles. The highest BCUT2D eigenvalue weighted by atomic mass is 16.5. The zero-order valence-electron chi connectivity index (χ0n) is 11.3. The van der Waals surface area contributed by atoms with Gasteiger partial charge < -0.3 is 10.1 Å². The smallest absolute Gasteiger partial charge is 0.314 e. The molecule has 4 heteroatoms. The van der Waals surface area contributed by atoms with E-state index < -0.39 is 10.8 Å². The number of amides is 1. The van der Waals surface area contributed by atoms with Crippen molar-refractivity contribution in [3.63, 3.8) is 0 Å². The summed E-state index contributed by atoms with van der Waals surface area (Å²) >= 11 is 0. The first-order chi connectivity index (χ1) is 8.93. The number of piperidine rings is 1. The monoisotopic (exact) mass is 259 g/mol. The second-order valence-electron chi connectivity index (χ2n) is 5.91. The van der Waals surface area contributed by atoms with E-state index in [0.29, 0.717) is 6.42 Å². The second kappa shape index (κ2) is 3.59. The lowest BCUT2D eigenvalue weighted by molar-refractivity contribution is -0.161. The maximum absolute atomic E-state index is 12.3. The SMILES string of the molecule is COC(=O)C1(C)C[C@]2(C)C(=O)NC1c1ccccc12. The number of carbonyl (C=O) groups excluding carboxylic acids is 2. The minimum absolute atomic E-state index is 0.00224. The van der Waals surface area contributed by atoms with Crippen molar-refractivity contribution in [3.05, 3.63) is 35.4 Å². The van der Waals surface area contributed by atoms with E-state index in [9.17, 15) is 9.59 Å². The molecule has 100 valence electrons. The van der Waals surface area contributed by atoms with Crippen molar-refractivity contribution >= 4 is 11.9 Å². The van der Waals surface area contributed by atoms with Crippen molar-refractivity contribution in [2.45, 2.75) is 31.7 Å². The molecule has 0 saturated carbocycles. The van der Waals surface area contributed by atoms with Crippen LogP contribution in [0.1, 0.15) is 37.4 Å². The Hall–Kier alpha value is -1.84. The van der Waals surface area contributed by atoms with E-state index in [1.807, 2.05) is 38.1 Å². The van der Waals surface area contributed by atoms with Gasteiger partial charge in [-0.15, -0.1) is 0 Å². The summed E-state index contributed by atoms with van der Waals surface area (Å²) in [4.78, 5) is 24.4. The Labute approximate surface area is 112 Å². The predicted octanol–water partition coefficient (Wildman–Crippen LogP) is 1.70. The summed E-state index contributed by atoms with van der Waals surface area (Å²) in [5.74, 6) is -0.268. The van der Waals surface area contributed by atoms with E-state index >= 15 is 0 Å². The van der Waals surface area contributed by atoms with Crippen LogP contribution in [0.3, 0.4) is 0 Å². The van der Waals surface area contributed by atoms with E-state index in [4.69, 9.17) is 4.74 Å². The molecule has 3 aliphatic rings. The van der Waals surface area contributed by atoms with Crippen molar-refractivity contribution in [2.75, 3.05) is 7.11 Å². The zero-order chi connectivity index (χ0) is 13.8. The molecule has 1 fully saturated rings. The quantitative estimate of drug-likeness (QED) is 0.781. The number of ether oxygens (including phenoxy) is 1. The molecule has 2 unspecified atom stereocenters. The number of carbonyl (C=O) groups is 2. The molecule has 3 atom stereocenters. The van der Waals surface area contributed by atoms with Gasteiger partial charge in [-0.25, -0.2) is 0 Å². The van der Waals surface area contributed by atoms with Crippen molar-refractivity contribution in [3.8, 4) is 0 Å². The molecule has 0 spiro atoms. The van der Waals surface area contributed by atoms with Gasteiger partial charge in [-0.05, 0) is 31.4 Å². The molecule has 0 aromatic heterocycles. The number of hydrogen-bond acceptors (Lipinski definition) is 3. The van der Waals surface area contributed by atoms with Crippen LogP contribution in [0, 0.1) is 5.41 Å². The Morgan fingerprint density at radius 1 is 1.37 bits per heavy atom. The van der Waals surface area contributed by atoms with E-state index in [1.54, 1.807) is 0 Å². The lowest BCUT2D eigenvalue weighted by Gasteiger charge is -2.53. The molecule has 2 aliphatic heterocycles. The number of hydrogen-bond donors (Lipinski definition) is 1. The van der Waals surface area contributed by atoms with Crippen LogP contribution in [-0.2, 0) is 19.7 Å². The first-order valence-corrected chi connectivity index (χ1v) is 6.42. The topological polar surface area (TPSA) is 55.4 Å². The largest absolute Gasteiger partial charge is 0.469 e. The number of methoxy groups -OCH3 is 1. The fourth-order valence-electron chi connectivity index (χ4n) is 3.68. The Morgan fingerprint density at radius 2 is 2.05 bits per heavy atom. The van der Waals surface area contributed by atoms with Gasteiger partial charge in [0.2, 0.25) is 5.91 Å². The summed E-state index contributed by atoms with van der Waals surface area (Å²) in [5.41, 5.74) is 0.703. The summed E-state index contributed by atoms with van der Waals surface area (Å²) in [6, 6.07) is 7.54. The molecular weight excluding hydrogens is 242 g/mol. The average molecular weight is 259 g/mol. The first kappa shape index (κ1) is 12.2. The molecule has 1 amide bonds. The van der Waals surface area contributed by atoms with Crippen molar-refractivity contribution in [2.24, 2.45) is 5.41 Å². The summed E-state index contributed by atoms with van der Waals surface area (Å²) < 4.78 is 4.95. The summed E-state index contributed by atoms with van der Waals surface area (Å²) in [7, 11) is 1.39. The second-order valence-corrected chi connectivity index (χ2v) is 5.91. The fourth-order valence-corrected chi connectivity index (χ4v) is 3.68. The van der Waals surface area contributed by atoms with Crippen LogP contribution < -0.4 is 5.32 Å². The molecule has 1 aromatic rings. The molecule has 4 rings (SSSR count). The number of nitrogens with one attached hydrogen (secondary N) is 1. The van der Waals surface area contributed by atoms with Crippen LogP contribution in [0.2, 0.25) is 0 Å². The van der Waals surface area contributed by atoms with E-state index in [1.165, 1.54) is 7.11 Å². The molecule has 1 aliphatic carbocycles. The molecule has 2 heterocycles. The van der Waals surface area contributed by atoms with Crippen LogP contribution in [0.15, 0.2) is 24.3 Å². The molecule has 1 N–H and O–H groups in total. The van der Waals surface area contributed by atoms with Gasteiger partial charge in [-0.2, -0.15) is 0 Å². The highest BCUT2D eigenvalue weighted by Crippen LogP contribution is 2.56. The molecule has 0 radical (unpaired) electrons. The van der Waals surface area contributed by atoms with Crippen LogP contribution in [0.25, 0.3) is 0 Å². The molecule has 19 heavy (non-hydrogen) atoms. The third-order valence-electron chi connectivity index (χ3n) is 4.65. The van der Waals surface area contributed by atoms with Crippen molar-refractivity contribution < 1.29 is 14.3 Å². The van der Waals surface area contributed by atoms with Crippen molar-refractivity contribution in [1.29, 1.82) is 0 Å². The standard InChI is InChI=1S/C15H17NO3/c1-14-8-15(2,13(18)19-3)11(16-12(14)17)9-6-4-5-7-10(9)14/h4-7,11H,8H2,1-3H3,(H,16,17)/t11?,14-,15?/m0/s1. The van der Waals surface area contributed by atoms with Crippen LogP contribution in [0.4, 0.5) is 0 Å². The zero-order valence-corrected chi connectivity index (χ0v) is 11.3. The van der Waals surface area contributed by atoms with Crippen molar-refractivity contribution in [1.82, 2.24) is 5.32 Å². The minimum Gasteiger partial charge on any atom is -0.469 e. The maximum Gasteiger partial charge on any atom is 0.314 e. The minimum atomic E-state index is -0.703. The summed E-state index contributed by atoms with van der Waals surface area (Å²) in [6.07, 6.45) is 0.486. The Kier molecular flexibility index (Phi) is 2.31. The van der Waals surface area contributed by atoms with Gasteiger partial charge in [-0.3, -0.25) is 9.59 Å². The summed E-state index contributed by atoms with van der Waals surface area (Å²) in [6.45, 7) is 3.77. The van der Waals surface area contributed by atoms with Crippen LogP contribution >= 0.6 is 0 Å². The molecule has 1 saturated heterocycles. The lowest BCUT2D eigenvalue weighted by Crippen LogP contribution is -2.63. The summed E-state index contributed by atoms with van der Waals surface area (Å²) in [5, 5.41) is 2.98. The first-order valence-electron chi connectivity index (χ1n) is 6.42. The number of rotatable bonds is 1. The highest BCUT2D eigenvalue weighted by molar-refractivity contribution is 5.95. The van der Waals surface area contributed by atoms with E-state index in [2.05, 4.69) is 5.32 Å². The third-order valence-corrected chi connectivity index (χ3v) is 4.65. The Balaban J connectivity index is 2.23. The molecular formula is C15H17NO3. The molecule has 4 nitrogen and oxygen atoms in total. The fraction of sp³-hybridized carbons (Fsp3) is 0.467. The van der Waals surface area contributed by atoms with E-state index in [0.717, 1.165) is 11.1 Å². The van der Waals surface area contributed by atoms with Gasteiger partial charge >= 0.3 is 5.97 Å². The van der Waals surface area contributed by atoms with Crippen LogP contribution in [-0.4, -0.2) is 19.0 Å². The maximum atomic E-state index is 12.3. The van der Waals surface area contributed by atoms with Gasteiger partial charge in [0.1, 0.15) is 0 Å². The third kappa shape index (κ3) is 1.34. The Bertz CT molecular complexity index is 583. The van der Waals surface area contributed by atoms with Gasteiger partial charge in [-0.1, -0.05) is 24.3 Å².